The standard InChI is InChI=1S/C7H10N2O.C2H6/c1-6(2)10-7-3-4-8-9-5-7;1-2/h3-6H,1-2H3;1-2H3. The lowest BCUT2D eigenvalue weighted by Gasteiger charge is -2.06. The third kappa shape index (κ3) is 4.66. The van der Waals surface area contributed by atoms with Crippen LogP contribution in [0.1, 0.15) is 27.7 Å². The van der Waals surface area contributed by atoms with Crippen molar-refractivity contribution in [3.05, 3.63) is 18.5 Å². The van der Waals surface area contributed by atoms with Gasteiger partial charge in [0.25, 0.3) is 0 Å². The SMILES string of the molecule is CC.CC(C)Oc1ccnnc1. The molecular formula is C9H16N2O. The maximum absolute atomic E-state index is 5.31. The van der Waals surface area contributed by atoms with Crippen molar-refractivity contribution in [1.82, 2.24) is 10.2 Å². The number of ether oxygens (including phenoxy) is 1. The van der Waals surface area contributed by atoms with Crippen LogP contribution in [0.15, 0.2) is 18.5 Å². The smallest absolute Gasteiger partial charge is 0.141 e. The second-order valence-electron chi connectivity index (χ2n) is 2.24. The minimum absolute atomic E-state index is 0.198. The molecule has 0 N–H and O–H groups in total. The van der Waals surface area contributed by atoms with Gasteiger partial charge in [-0.05, 0) is 13.8 Å². The van der Waals surface area contributed by atoms with Crippen LogP contribution >= 0.6 is 0 Å². The predicted octanol–water partition coefficient (Wildman–Crippen LogP) is 2.29. The maximum Gasteiger partial charge on any atom is 0.141 e. The normalized spacial score (nSPS) is 8.75. The van der Waals surface area contributed by atoms with Crippen LogP contribution in [0.4, 0.5) is 0 Å². The third-order valence-corrected chi connectivity index (χ3v) is 0.929. The molecule has 68 valence electrons. The van der Waals surface area contributed by atoms with Crippen molar-refractivity contribution in [2.75, 3.05) is 0 Å². The summed E-state index contributed by atoms with van der Waals surface area (Å²) in [6.45, 7) is 7.95. The van der Waals surface area contributed by atoms with Gasteiger partial charge in [-0.3, -0.25) is 0 Å². The molecule has 0 aliphatic heterocycles. The topological polar surface area (TPSA) is 35.0 Å². The Morgan fingerprint density at radius 3 is 2.33 bits per heavy atom. The van der Waals surface area contributed by atoms with Gasteiger partial charge in [0.1, 0.15) is 5.75 Å². The van der Waals surface area contributed by atoms with Gasteiger partial charge in [0, 0.05) is 6.07 Å². The molecule has 1 heterocycles. The summed E-state index contributed by atoms with van der Waals surface area (Å²) in [5, 5.41) is 7.29. The van der Waals surface area contributed by atoms with Gasteiger partial charge in [-0.2, -0.15) is 10.2 Å². The number of nitrogens with zero attached hydrogens (tertiary/aromatic N) is 2. The molecule has 0 spiro atoms. The second kappa shape index (κ2) is 6.58. The summed E-state index contributed by atoms with van der Waals surface area (Å²) in [4.78, 5) is 0. The van der Waals surface area contributed by atoms with Crippen LogP contribution in [0.2, 0.25) is 0 Å². The van der Waals surface area contributed by atoms with E-state index in [1.165, 1.54) is 0 Å². The highest BCUT2D eigenvalue weighted by molar-refractivity contribution is 5.12. The molecule has 0 radical (unpaired) electrons. The second-order valence-corrected chi connectivity index (χ2v) is 2.24. The van der Waals surface area contributed by atoms with Gasteiger partial charge < -0.3 is 4.74 Å². The van der Waals surface area contributed by atoms with E-state index in [4.69, 9.17) is 4.74 Å². The van der Waals surface area contributed by atoms with Crippen LogP contribution in [0.3, 0.4) is 0 Å². The quantitative estimate of drug-likeness (QED) is 0.679. The van der Waals surface area contributed by atoms with Gasteiger partial charge in [-0.15, -0.1) is 0 Å². The maximum atomic E-state index is 5.31. The van der Waals surface area contributed by atoms with Gasteiger partial charge in [0.2, 0.25) is 0 Å². The van der Waals surface area contributed by atoms with Gasteiger partial charge >= 0.3 is 0 Å². The van der Waals surface area contributed by atoms with E-state index in [0.29, 0.717) is 0 Å². The fourth-order valence-electron chi connectivity index (χ4n) is 0.620. The molecular weight excluding hydrogens is 152 g/mol. The summed E-state index contributed by atoms with van der Waals surface area (Å²) in [6, 6.07) is 1.78. The molecule has 0 unspecified atom stereocenters. The van der Waals surface area contributed by atoms with Crippen molar-refractivity contribution in [1.29, 1.82) is 0 Å². The van der Waals surface area contributed by atoms with Crippen LogP contribution in [-0.2, 0) is 0 Å². The summed E-state index contributed by atoms with van der Waals surface area (Å²) in [5.74, 6) is 0.769. The fourth-order valence-corrected chi connectivity index (χ4v) is 0.620. The highest BCUT2D eigenvalue weighted by Crippen LogP contribution is 2.06. The highest BCUT2D eigenvalue weighted by Gasteiger charge is 1.94. The van der Waals surface area contributed by atoms with Crippen LogP contribution in [-0.4, -0.2) is 16.3 Å². The van der Waals surface area contributed by atoms with Gasteiger partial charge in [0.15, 0.2) is 0 Å². The molecule has 0 bridgehead atoms. The molecule has 0 aliphatic rings. The van der Waals surface area contributed by atoms with Gasteiger partial charge in [0.05, 0.1) is 18.5 Å². The first-order chi connectivity index (χ1) is 5.79. The molecule has 1 aromatic heterocycles. The predicted molar refractivity (Wildman–Crippen MR) is 49.1 cm³/mol. The van der Waals surface area contributed by atoms with Crippen LogP contribution in [0, 0.1) is 0 Å². The Balaban J connectivity index is 0.000000561. The minimum atomic E-state index is 0.198. The number of rotatable bonds is 2. The zero-order valence-electron chi connectivity index (χ0n) is 8.11. The van der Waals surface area contributed by atoms with Gasteiger partial charge in [-0.25, -0.2) is 0 Å². The Kier molecular flexibility index (Phi) is 5.97. The van der Waals surface area contributed by atoms with Crippen LogP contribution < -0.4 is 4.74 Å². The molecule has 0 aliphatic carbocycles. The third-order valence-electron chi connectivity index (χ3n) is 0.929. The number of aromatic nitrogens is 2. The van der Waals surface area contributed by atoms with Crippen molar-refractivity contribution < 1.29 is 4.74 Å². The molecule has 3 nitrogen and oxygen atoms in total. The van der Waals surface area contributed by atoms with E-state index in [2.05, 4.69) is 10.2 Å². The summed E-state index contributed by atoms with van der Waals surface area (Å²) < 4.78 is 5.31. The molecule has 0 amide bonds. The molecule has 0 atom stereocenters. The zero-order chi connectivity index (χ0) is 9.40. The van der Waals surface area contributed by atoms with Gasteiger partial charge in [-0.1, -0.05) is 13.8 Å². The van der Waals surface area contributed by atoms with Crippen molar-refractivity contribution in [3.8, 4) is 5.75 Å². The first-order valence-electron chi connectivity index (χ1n) is 4.22. The molecule has 0 saturated heterocycles. The molecule has 0 aromatic carbocycles. The lowest BCUT2D eigenvalue weighted by Crippen LogP contribution is -2.05. The summed E-state index contributed by atoms with van der Waals surface area (Å²) in [5.41, 5.74) is 0. The molecule has 3 heteroatoms. The largest absolute Gasteiger partial charge is 0.489 e. The minimum Gasteiger partial charge on any atom is -0.489 e. The number of hydrogen-bond acceptors (Lipinski definition) is 3. The summed E-state index contributed by atoms with van der Waals surface area (Å²) >= 11 is 0. The summed E-state index contributed by atoms with van der Waals surface area (Å²) in [7, 11) is 0. The van der Waals surface area contributed by atoms with Crippen molar-refractivity contribution in [2.24, 2.45) is 0 Å². The first kappa shape index (κ1) is 10.9. The van der Waals surface area contributed by atoms with E-state index < -0.39 is 0 Å². The van der Waals surface area contributed by atoms with E-state index in [-0.39, 0.29) is 6.10 Å². The van der Waals surface area contributed by atoms with E-state index >= 15 is 0 Å². The Morgan fingerprint density at radius 1 is 1.25 bits per heavy atom. The van der Waals surface area contributed by atoms with Crippen molar-refractivity contribution in [2.45, 2.75) is 33.8 Å². The fraction of sp³-hybridized carbons (Fsp3) is 0.556. The van der Waals surface area contributed by atoms with Crippen molar-refractivity contribution in [3.63, 3.8) is 0 Å². The first-order valence-corrected chi connectivity index (χ1v) is 4.22. The van der Waals surface area contributed by atoms with E-state index in [1.54, 1.807) is 18.5 Å². The summed E-state index contributed by atoms with van der Waals surface area (Å²) in [6.07, 6.45) is 3.40. The molecule has 12 heavy (non-hydrogen) atoms. The lowest BCUT2D eigenvalue weighted by molar-refractivity contribution is 0.241. The Labute approximate surface area is 73.8 Å². The monoisotopic (exact) mass is 168 g/mol. The average Bonchev–Trinajstić information content (AvgIpc) is 2.08. The molecule has 0 saturated carbocycles. The van der Waals surface area contributed by atoms with E-state index in [0.717, 1.165) is 5.75 Å². The molecule has 1 rings (SSSR count). The van der Waals surface area contributed by atoms with Crippen LogP contribution in [0.5, 0.6) is 5.75 Å². The van der Waals surface area contributed by atoms with E-state index in [1.807, 2.05) is 27.7 Å². The Bertz CT molecular complexity index is 187. The zero-order valence-corrected chi connectivity index (χ0v) is 8.11. The van der Waals surface area contributed by atoms with Crippen molar-refractivity contribution >= 4 is 0 Å². The molecule has 1 aromatic rings. The van der Waals surface area contributed by atoms with E-state index in [9.17, 15) is 0 Å². The Morgan fingerprint density at radius 2 is 1.92 bits per heavy atom. The average molecular weight is 168 g/mol. The lowest BCUT2D eigenvalue weighted by atomic mass is 10.4. The molecule has 0 fully saturated rings. The van der Waals surface area contributed by atoms with Crippen LogP contribution in [0.25, 0.3) is 0 Å². The Hall–Kier alpha value is -1.12. The number of hydrogen-bond donors (Lipinski definition) is 0. The highest BCUT2D eigenvalue weighted by atomic mass is 16.5.